The molecule has 0 bridgehead atoms. The zero-order valence-corrected chi connectivity index (χ0v) is 14.1. The lowest BCUT2D eigenvalue weighted by atomic mass is 10.1. The monoisotopic (exact) mass is 344 g/mol. The number of hydrogen-bond donors (Lipinski definition) is 3. The van der Waals surface area contributed by atoms with E-state index in [1.54, 1.807) is 13.8 Å². The van der Waals surface area contributed by atoms with Crippen LogP contribution in [0.1, 0.15) is 25.6 Å². The molecule has 1 aromatic rings. The summed E-state index contributed by atoms with van der Waals surface area (Å²) < 4.78 is 17.8. The Bertz CT molecular complexity index is 671. The number of aryl methyl sites for hydroxylation is 1. The molecule has 0 spiro atoms. The van der Waals surface area contributed by atoms with Crippen molar-refractivity contribution in [3.63, 3.8) is 0 Å². The zero-order valence-electron chi connectivity index (χ0n) is 14.1. The van der Waals surface area contributed by atoms with E-state index in [0.717, 1.165) is 4.57 Å². The zero-order chi connectivity index (χ0) is 18.0. The lowest BCUT2D eigenvalue weighted by Crippen LogP contribution is -2.43. The van der Waals surface area contributed by atoms with Crippen molar-refractivity contribution in [2.24, 2.45) is 0 Å². The van der Waals surface area contributed by atoms with E-state index in [4.69, 9.17) is 14.2 Å². The summed E-state index contributed by atoms with van der Waals surface area (Å²) in [5.74, 6) is 0. The number of hydrogen-bond acceptors (Lipinski definition) is 7. The van der Waals surface area contributed by atoms with Gasteiger partial charge in [0, 0.05) is 18.9 Å². The molecule has 2 heterocycles. The van der Waals surface area contributed by atoms with Gasteiger partial charge in [0.15, 0.2) is 6.23 Å². The Morgan fingerprint density at radius 1 is 1.38 bits per heavy atom. The maximum atomic E-state index is 12.1. The molecule has 0 saturated carbocycles. The van der Waals surface area contributed by atoms with E-state index in [-0.39, 0.29) is 6.10 Å². The molecule has 0 radical (unpaired) electrons. The highest BCUT2D eigenvalue weighted by atomic mass is 16.6. The topological polar surface area (TPSA) is 123 Å². The number of nitrogens with one attached hydrogen (secondary N) is 1. The van der Waals surface area contributed by atoms with E-state index in [1.165, 1.54) is 13.3 Å². The highest BCUT2D eigenvalue weighted by Crippen LogP contribution is 2.32. The van der Waals surface area contributed by atoms with Crippen molar-refractivity contribution in [1.29, 1.82) is 0 Å². The minimum atomic E-state index is -1.13. The van der Waals surface area contributed by atoms with Crippen LogP contribution in [0.25, 0.3) is 0 Å². The number of methoxy groups -OCH3 is 1. The highest BCUT2D eigenvalue weighted by Gasteiger charge is 2.46. The molecule has 1 saturated heterocycles. The number of ether oxygens (including phenoxy) is 3. The maximum Gasteiger partial charge on any atom is 0.330 e. The lowest BCUT2D eigenvalue weighted by molar-refractivity contribution is -0.130. The van der Waals surface area contributed by atoms with Crippen LogP contribution in [0.15, 0.2) is 15.8 Å². The fourth-order valence-corrected chi connectivity index (χ4v) is 2.57. The molecule has 24 heavy (non-hydrogen) atoms. The van der Waals surface area contributed by atoms with Crippen LogP contribution in [-0.2, 0) is 14.2 Å². The molecular formula is C15H24N2O7. The Kier molecular flexibility index (Phi) is 5.94. The van der Waals surface area contributed by atoms with Gasteiger partial charge in [-0.15, -0.1) is 0 Å². The third kappa shape index (κ3) is 3.60. The van der Waals surface area contributed by atoms with Crippen molar-refractivity contribution in [2.45, 2.75) is 57.5 Å². The normalized spacial score (nSPS) is 29.6. The van der Waals surface area contributed by atoms with Crippen LogP contribution >= 0.6 is 0 Å². The Morgan fingerprint density at radius 2 is 2.04 bits per heavy atom. The molecule has 6 atom stereocenters. The minimum Gasteiger partial charge on any atom is -0.394 e. The standard InChI is InChI=1S/C15H24N2O7/c1-7-5-17(15(21)16-13(7)20)14-12(11(19)10(6-18)24-14)23-9(3)8(2)22-4/h5,8-12,14,18-19H,6H2,1-4H3,(H,16,20,21). The van der Waals surface area contributed by atoms with Gasteiger partial charge in [-0.25, -0.2) is 4.79 Å². The minimum absolute atomic E-state index is 0.250. The first-order valence-electron chi connectivity index (χ1n) is 7.74. The summed E-state index contributed by atoms with van der Waals surface area (Å²) in [5, 5.41) is 19.7. The van der Waals surface area contributed by atoms with Crippen LogP contribution in [-0.4, -0.2) is 64.0 Å². The SMILES string of the molecule is COC(C)C(C)OC1C(O)C(CO)OC1n1cc(C)c(=O)[nH]c1=O. The highest BCUT2D eigenvalue weighted by molar-refractivity contribution is 5.03. The van der Waals surface area contributed by atoms with E-state index >= 15 is 0 Å². The van der Waals surface area contributed by atoms with Crippen LogP contribution in [0.2, 0.25) is 0 Å². The molecule has 1 aromatic heterocycles. The smallest absolute Gasteiger partial charge is 0.330 e. The predicted octanol–water partition coefficient (Wildman–Crippen LogP) is -1.10. The van der Waals surface area contributed by atoms with Gasteiger partial charge in [-0.05, 0) is 20.8 Å². The largest absolute Gasteiger partial charge is 0.394 e. The number of H-pyrrole nitrogens is 1. The predicted molar refractivity (Wildman–Crippen MR) is 83.9 cm³/mol. The van der Waals surface area contributed by atoms with Gasteiger partial charge in [-0.2, -0.15) is 0 Å². The molecule has 136 valence electrons. The molecule has 9 nitrogen and oxygen atoms in total. The Morgan fingerprint density at radius 3 is 2.62 bits per heavy atom. The van der Waals surface area contributed by atoms with Crippen molar-refractivity contribution >= 4 is 0 Å². The number of rotatable bonds is 6. The van der Waals surface area contributed by atoms with E-state index in [1.807, 2.05) is 6.92 Å². The number of nitrogens with zero attached hydrogens (tertiary/aromatic N) is 1. The van der Waals surface area contributed by atoms with Gasteiger partial charge in [0.25, 0.3) is 5.56 Å². The van der Waals surface area contributed by atoms with Gasteiger partial charge < -0.3 is 24.4 Å². The van der Waals surface area contributed by atoms with Gasteiger partial charge in [-0.3, -0.25) is 14.3 Å². The average Bonchev–Trinajstić information content (AvgIpc) is 2.86. The lowest BCUT2D eigenvalue weighted by Gasteiger charge is -2.28. The summed E-state index contributed by atoms with van der Waals surface area (Å²) >= 11 is 0. The Hall–Kier alpha value is -1.52. The summed E-state index contributed by atoms with van der Waals surface area (Å²) in [4.78, 5) is 25.8. The van der Waals surface area contributed by atoms with Crippen LogP contribution in [0, 0.1) is 6.92 Å². The number of aliphatic hydroxyl groups excluding tert-OH is 2. The van der Waals surface area contributed by atoms with Gasteiger partial charge >= 0.3 is 5.69 Å². The summed E-state index contributed by atoms with van der Waals surface area (Å²) in [5.41, 5.74) is -0.855. The summed E-state index contributed by atoms with van der Waals surface area (Å²) in [6.07, 6.45) is -3.21. The van der Waals surface area contributed by atoms with Gasteiger partial charge in [0.2, 0.25) is 0 Å². The van der Waals surface area contributed by atoms with Crippen molar-refractivity contribution in [1.82, 2.24) is 9.55 Å². The fraction of sp³-hybridized carbons (Fsp3) is 0.733. The Labute approximate surface area is 138 Å². The average molecular weight is 344 g/mol. The molecule has 9 heteroatoms. The first-order chi connectivity index (χ1) is 11.3. The van der Waals surface area contributed by atoms with E-state index in [0.29, 0.717) is 5.56 Å². The summed E-state index contributed by atoms with van der Waals surface area (Å²) in [6.45, 7) is 4.70. The molecule has 2 rings (SSSR count). The third-order valence-electron chi connectivity index (χ3n) is 4.32. The first-order valence-corrected chi connectivity index (χ1v) is 7.74. The first kappa shape index (κ1) is 18.8. The molecule has 1 aliphatic heterocycles. The van der Waals surface area contributed by atoms with Crippen molar-refractivity contribution in [3.8, 4) is 0 Å². The molecule has 0 amide bonds. The van der Waals surface area contributed by atoms with Crippen LogP contribution in [0.5, 0.6) is 0 Å². The van der Waals surface area contributed by atoms with Crippen molar-refractivity contribution < 1.29 is 24.4 Å². The number of aromatic amines is 1. The van der Waals surface area contributed by atoms with Gasteiger partial charge in [0.05, 0.1) is 18.8 Å². The molecule has 3 N–H and O–H groups in total. The quantitative estimate of drug-likeness (QED) is 0.599. The van der Waals surface area contributed by atoms with Crippen LogP contribution in [0.3, 0.4) is 0 Å². The molecule has 6 unspecified atom stereocenters. The number of aliphatic hydroxyl groups is 2. The second-order valence-electron chi connectivity index (χ2n) is 5.96. The molecule has 0 aromatic carbocycles. The maximum absolute atomic E-state index is 12.1. The van der Waals surface area contributed by atoms with Gasteiger partial charge in [0.1, 0.15) is 18.3 Å². The molecule has 1 fully saturated rings. The fourth-order valence-electron chi connectivity index (χ4n) is 2.57. The third-order valence-corrected chi connectivity index (χ3v) is 4.32. The second kappa shape index (κ2) is 7.58. The number of aromatic nitrogens is 2. The molecular weight excluding hydrogens is 320 g/mol. The van der Waals surface area contributed by atoms with E-state index < -0.39 is 48.5 Å². The van der Waals surface area contributed by atoms with Crippen LogP contribution in [0.4, 0.5) is 0 Å². The summed E-state index contributed by atoms with van der Waals surface area (Å²) in [6, 6.07) is 0. The molecule has 0 aliphatic carbocycles. The van der Waals surface area contributed by atoms with E-state index in [9.17, 15) is 19.8 Å². The Balaban J connectivity index is 2.36. The van der Waals surface area contributed by atoms with Crippen molar-refractivity contribution in [3.05, 3.63) is 32.6 Å². The van der Waals surface area contributed by atoms with Crippen molar-refractivity contribution in [2.75, 3.05) is 13.7 Å². The van der Waals surface area contributed by atoms with Crippen LogP contribution < -0.4 is 11.2 Å². The molecule has 1 aliphatic rings. The second-order valence-corrected chi connectivity index (χ2v) is 5.96. The summed E-state index contributed by atoms with van der Waals surface area (Å²) in [7, 11) is 1.54. The van der Waals surface area contributed by atoms with Gasteiger partial charge in [-0.1, -0.05) is 0 Å². The van der Waals surface area contributed by atoms with E-state index in [2.05, 4.69) is 4.98 Å².